The number of amides is 1. The lowest BCUT2D eigenvalue weighted by atomic mass is 10.0. The second-order valence-corrected chi connectivity index (χ2v) is 4.76. The van der Waals surface area contributed by atoms with Gasteiger partial charge in [0.2, 0.25) is 5.91 Å². The third kappa shape index (κ3) is 5.40. The number of carbonyl (C=O) groups excluding carboxylic acids is 1. The molecule has 5 heteroatoms. The van der Waals surface area contributed by atoms with Gasteiger partial charge in [0.1, 0.15) is 0 Å². The summed E-state index contributed by atoms with van der Waals surface area (Å²) in [5.74, 6) is -1.27. The lowest BCUT2D eigenvalue weighted by Crippen LogP contribution is -2.34. The quantitative estimate of drug-likeness (QED) is 0.763. The van der Waals surface area contributed by atoms with E-state index in [1.54, 1.807) is 14.0 Å². The van der Waals surface area contributed by atoms with Crippen LogP contribution in [0.1, 0.15) is 31.4 Å². The van der Waals surface area contributed by atoms with Crippen LogP contribution in [-0.2, 0) is 14.3 Å². The number of nitrogens with one attached hydrogen (secondary N) is 1. The van der Waals surface area contributed by atoms with E-state index in [1.165, 1.54) is 0 Å². The van der Waals surface area contributed by atoms with Gasteiger partial charge < -0.3 is 15.2 Å². The van der Waals surface area contributed by atoms with Crippen LogP contribution in [0.2, 0.25) is 0 Å². The number of ether oxygens (including phenoxy) is 1. The molecule has 1 rings (SSSR count). The van der Waals surface area contributed by atoms with Crippen molar-refractivity contribution < 1.29 is 19.4 Å². The van der Waals surface area contributed by atoms with Gasteiger partial charge in [-0.3, -0.25) is 9.59 Å². The maximum absolute atomic E-state index is 12.0. The second-order valence-electron chi connectivity index (χ2n) is 4.76. The van der Waals surface area contributed by atoms with Crippen LogP contribution < -0.4 is 5.32 Å². The summed E-state index contributed by atoms with van der Waals surface area (Å²) in [6.07, 6.45) is 0.378. The van der Waals surface area contributed by atoms with Crippen molar-refractivity contribution >= 4 is 11.9 Å². The monoisotopic (exact) mass is 279 g/mol. The molecule has 5 nitrogen and oxygen atoms in total. The first-order valence-corrected chi connectivity index (χ1v) is 6.60. The molecule has 110 valence electrons. The summed E-state index contributed by atoms with van der Waals surface area (Å²) in [5.41, 5.74) is 0.909. The molecule has 2 unspecified atom stereocenters. The number of rotatable bonds is 8. The average Bonchev–Trinajstić information content (AvgIpc) is 2.44. The number of hydrogen-bond acceptors (Lipinski definition) is 3. The fourth-order valence-electron chi connectivity index (χ4n) is 1.91. The van der Waals surface area contributed by atoms with Gasteiger partial charge in [-0.15, -0.1) is 0 Å². The normalized spacial score (nSPS) is 13.5. The zero-order chi connectivity index (χ0) is 15.0. The van der Waals surface area contributed by atoms with Crippen LogP contribution in [0.15, 0.2) is 30.3 Å². The molecule has 20 heavy (non-hydrogen) atoms. The molecule has 1 aromatic carbocycles. The number of methoxy groups -OCH3 is 1. The van der Waals surface area contributed by atoms with Crippen molar-refractivity contribution in [2.24, 2.45) is 5.92 Å². The van der Waals surface area contributed by atoms with Gasteiger partial charge >= 0.3 is 5.97 Å². The van der Waals surface area contributed by atoms with Crippen LogP contribution in [0.25, 0.3) is 0 Å². The van der Waals surface area contributed by atoms with Crippen molar-refractivity contribution in [1.29, 1.82) is 0 Å². The van der Waals surface area contributed by atoms with E-state index < -0.39 is 5.97 Å². The highest BCUT2D eigenvalue weighted by Gasteiger charge is 2.19. The van der Waals surface area contributed by atoms with E-state index in [0.717, 1.165) is 5.56 Å². The molecule has 0 spiro atoms. The molecule has 0 fully saturated rings. The summed E-state index contributed by atoms with van der Waals surface area (Å²) in [6.45, 7) is 2.12. The number of carboxylic acids is 1. The summed E-state index contributed by atoms with van der Waals surface area (Å²) in [6, 6.07) is 9.09. The minimum absolute atomic E-state index is 0.0124. The number of carbonyl (C=O) groups is 2. The van der Waals surface area contributed by atoms with Crippen LogP contribution in [-0.4, -0.2) is 30.7 Å². The molecule has 0 aliphatic carbocycles. The molecule has 0 bridgehead atoms. The molecule has 0 heterocycles. The first-order valence-electron chi connectivity index (χ1n) is 6.60. The number of benzene rings is 1. The Morgan fingerprint density at radius 3 is 2.50 bits per heavy atom. The zero-order valence-electron chi connectivity index (χ0n) is 11.8. The highest BCUT2D eigenvalue weighted by atomic mass is 16.5. The molecule has 1 aromatic rings. The molecule has 2 N–H and O–H groups in total. The number of aliphatic carboxylic acids is 1. The van der Waals surface area contributed by atoms with Gasteiger partial charge in [-0.2, -0.15) is 0 Å². The predicted molar refractivity (Wildman–Crippen MR) is 75.2 cm³/mol. The zero-order valence-corrected chi connectivity index (χ0v) is 11.8. The molecular weight excluding hydrogens is 258 g/mol. The summed E-state index contributed by atoms with van der Waals surface area (Å²) >= 11 is 0. The smallest absolute Gasteiger partial charge is 0.303 e. The number of carboxylic acid groups (broad SMARTS) is 1. The fraction of sp³-hybridized carbons (Fsp3) is 0.467. The Hall–Kier alpha value is -1.88. The van der Waals surface area contributed by atoms with E-state index in [9.17, 15) is 9.59 Å². The molecule has 0 saturated heterocycles. The largest absolute Gasteiger partial charge is 0.481 e. The van der Waals surface area contributed by atoms with Crippen molar-refractivity contribution in [1.82, 2.24) is 5.32 Å². The third-order valence-electron chi connectivity index (χ3n) is 3.03. The highest BCUT2D eigenvalue weighted by Crippen LogP contribution is 2.19. The van der Waals surface area contributed by atoms with Crippen LogP contribution >= 0.6 is 0 Å². The highest BCUT2D eigenvalue weighted by molar-refractivity contribution is 5.79. The predicted octanol–water partition coefficient (Wildman–Crippen LogP) is 1.99. The molecule has 0 radical (unpaired) electrons. The molecule has 0 aliphatic rings. The van der Waals surface area contributed by atoms with Crippen LogP contribution in [0.3, 0.4) is 0 Å². The molecule has 0 aromatic heterocycles. The maximum Gasteiger partial charge on any atom is 0.303 e. The topological polar surface area (TPSA) is 75.6 Å². The Morgan fingerprint density at radius 2 is 1.95 bits per heavy atom. The van der Waals surface area contributed by atoms with Crippen LogP contribution in [0.5, 0.6) is 0 Å². The Kier molecular flexibility index (Phi) is 6.73. The summed E-state index contributed by atoms with van der Waals surface area (Å²) < 4.78 is 4.96. The molecular formula is C15H21NO4. The van der Waals surface area contributed by atoms with E-state index in [-0.39, 0.29) is 24.3 Å². The van der Waals surface area contributed by atoms with E-state index in [0.29, 0.717) is 13.0 Å². The number of hydrogen-bond donors (Lipinski definition) is 2. The van der Waals surface area contributed by atoms with Crippen LogP contribution in [0.4, 0.5) is 0 Å². The first kappa shape index (κ1) is 16.2. The average molecular weight is 279 g/mol. The first-order chi connectivity index (χ1) is 9.54. The lowest BCUT2D eigenvalue weighted by Gasteiger charge is -2.21. The second kappa shape index (κ2) is 8.32. The molecule has 0 saturated carbocycles. The van der Waals surface area contributed by atoms with Crippen LogP contribution in [0, 0.1) is 5.92 Å². The van der Waals surface area contributed by atoms with Crippen molar-refractivity contribution in [3.05, 3.63) is 35.9 Å². The van der Waals surface area contributed by atoms with E-state index in [4.69, 9.17) is 9.84 Å². The SMILES string of the molecule is COCC(C)C(=O)NC(CCC(=O)O)c1ccccc1. The van der Waals surface area contributed by atoms with Crippen molar-refractivity contribution in [2.75, 3.05) is 13.7 Å². The standard InChI is InChI=1S/C15H21NO4/c1-11(10-20-2)15(19)16-13(8-9-14(17)18)12-6-4-3-5-7-12/h3-7,11,13H,8-10H2,1-2H3,(H,16,19)(H,17,18). The summed E-state index contributed by atoms with van der Waals surface area (Å²) in [4.78, 5) is 22.7. The Morgan fingerprint density at radius 1 is 1.30 bits per heavy atom. The van der Waals surface area contributed by atoms with Crippen molar-refractivity contribution in [3.63, 3.8) is 0 Å². The van der Waals surface area contributed by atoms with Gasteiger partial charge in [-0.1, -0.05) is 37.3 Å². The molecule has 1 amide bonds. The minimum atomic E-state index is -0.870. The van der Waals surface area contributed by atoms with Gasteiger partial charge in [0.25, 0.3) is 0 Å². The van der Waals surface area contributed by atoms with Gasteiger partial charge in [-0.05, 0) is 12.0 Å². The van der Waals surface area contributed by atoms with E-state index in [1.807, 2.05) is 30.3 Å². The third-order valence-corrected chi connectivity index (χ3v) is 3.03. The van der Waals surface area contributed by atoms with Gasteiger partial charge in [-0.25, -0.2) is 0 Å². The summed E-state index contributed by atoms with van der Waals surface area (Å²) in [7, 11) is 1.54. The minimum Gasteiger partial charge on any atom is -0.481 e. The van der Waals surface area contributed by atoms with Gasteiger partial charge in [0.15, 0.2) is 0 Å². The van der Waals surface area contributed by atoms with E-state index in [2.05, 4.69) is 5.32 Å². The summed E-state index contributed by atoms with van der Waals surface area (Å²) in [5, 5.41) is 11.7. The van der Waals surface area contributed by atoms with Gasteiger partial charge in [0, 0.05) is 13.5 Å². The van der Waals surface area contributed by atoms with Crippen molar-refractivity contribution in [3.8, 4) is 0 Å². The van der Waals surface area contributed by atoms with Gasteiger partial charge in [0.05, 0.1) is 18.6 Å². The lowest BCUT2D eigenvalue weighted by molar-refractivity contribution is -0.137. The maximum atomic E-state index is 12.0. The fourth-order valence-corrected chi connectivity index (χ4v) is 1.91. The van der Waals surface area contributed by atoms with E-state index >= 15 is 0 Å². The molecule has 0 aliphatic heterocycles. The van der Waals surface area contributed by atoms with Crippen molar-refractivity contribution in [2.45, 2.75) is 25.8 Å². The Balaban J connectivity index is 2.72. The Bertz CT molecular complexity index is 433. The Labute approximate surface area is 118 Å². The molecule has 2 atom stereocenters.